The van der Waals surface area contributed by atoms with E-state index in [2.05, 4.69) is 5.32 Å². The van der Waals surface area contributed by atoms with Crippen LogP contribution in [-0.4, -0.2) is 50.5 Å². The minimum absolute atomic E-state index is 0.146. The van der Waals surface area contributed by atoms with Crippen LogP contribution in [-0.2, 0) is 26.2 Å². The van der Waals surface area contributed by atoms with Gasteiger partial charge in [0, 0.05) is 23.1 Å². The minimum atomic E-state index is -3.85. The van der Waals surface area contributed by atoms with Crippen molar-refractivity contribution in [3.8, 4) is 0 Å². The number of nitrogens with one attached hydrogen (secondary N) is 1. The molecular formula is C22H27Cl2N3O4S. The second-order valence-electron chi connectivity index (χ2n) is 7.48. The molecule has 0 saturated carbocycles. The summed E-state index contributed by atoms with van der Waals surface area (Å²) in [6.07, 6.45) is 0.993. The molecule has 0 heterocycles. The Morgan fingerprint density at radius 3 is 2.25 bits per heavy atom. The van der Waals surface area contributed by atoms with E-state index in [1.165, 1.54) is 23.1 Å². The van der Waals surface area contributed by atoms with Crippen molar-refractivity contribution in [1.29, 1.82) is 0 Å². The van der Waals surface area contributed by atoms with Crippen molar-refractivity contribution in [1.82, 2.24) is 10.2 Å². The maximum Gasteiger partial charge on any atom is 0.244 e. The number of aryl methyl sites for hydroxylation is 1. The summed E-state index contributed by atoms with van der Waals surface area (Å²) in [6.45, 7) is 5.37. The number of halogens is 2. The smallest absolute Gasteiger partial charge is 0.244 e. The van der Waals surface area contributed by atoms with E-state index in [9.17, 15) is 18.0 Å². The van der Waals surface area contributed by atoms with E-state index in [-0.39, 0.29) is 28.2 Å². The fourth-order valence-corrected chi connectivity index (χ4v) is 4.56. The van der Waals surface area contributed by atoms with Crippen LogP contribution in [0.2, 0.25) is 10.0 Å². The van der Waals surface area contributed by atoms with Crippen molar-refractivity contribution >= 4 is 50.7 Å². The van der Waals surface area contributed by atoms with Gasteiger partial charge < -0.3 is 10.2 Å². The van der Waals surface area contributed by atoms with Gasteiger partial charge in [0.15, 0.2) is 0 Å². The lowest BCUT2D eigenvalue weighted by atomic mass is 10.1. The second-order valence-corrected chi connectivity index (χ2v) is 10.3. The molecule has 2 aromatic rings. The highest BCUT2D eigenvalue weighted by atomic mass is 35.5. The highest BCUT2D eigenvalue weighted by Gasteiger charge is 2.30. The van der Waals surface area contributed by atoms with Crippen LogP contribution in [0.5, 0.6) is 0 Å². The van der Waals surface area contributed by atoms with Crippen LogP contribution in [0.1, 0.15) is 25.0 Å². The predicted octanol–water partition coefficient (Wildman–Crippen LogP) is 3.62. The summed E-state index contributed by atoms with van der Waals surface area (Å²) in [4.78, 5) is 27.2. The zero-order chi connectivity index (χ0) is 24.1. The number of nitrogens with zero attached hydrogens (tertiary/aromatic N) is 2. The van der Waals surface area contributed by atoms with Gasteiger partial charge in [0.1, 0.15) is 12.6 Å². The van der Waals surface area contributed by atoms with Crippen molar-refractivity contribution < 1.29 is 18.0 Å². The third kappa shape index (κ3) is 7.12. The number of sulfonamides is 1. The topological polar surface area (TPSA) is 86.8 Å². The Kier molecular flexibility index (Phi) is 8.95. The molecule has 7 nitrogen and oxygen atoms in total. The molecular weight excluding hydrogens is 473 g/mol. The zero-order valence-corrected chi connectivity index (χ0v) is 20.8. The molecule has 0 fully saturated rings. The number of hydrogen-bond donors (Lipinski definition) is 1. The predicted molar refractivity (Wildman–Crippen MR) is 129 cm³/mol. The second kappa shape index (κ2) is 11.0. The molecule has 2 rings (SSSR count). The van der Waals surface area contributed by atoms with E-state index in [4.69, 9.17) is 23.2 Å². The van der Waals surface area contributed by atoms with E-state index in [0.29, 0.717) is 6.54 Å². The summed E-state index contributed by atoms with van der Waals surface area (Å²) in [5.41, 5.74) is 2.00. The lowest BCUT2D eigenvalue weighted by molar-refractivity contribution is -0.139. The fourth-order valence-electron chi connectivity index (χ4n) is 3.21. The molecule has 0 aliphatic rings. The third-order valence-corrected chi connectivity index (χ3v) is 6.35. The molecule has 0 saturated heterocycles. The van der Waals surface area contributed by atoms with Crippen LogP contribution < -0.4 is 9.62 Å². The molecule has 10 heteroatoms. The first kappa shape index (κ1) is 26.0. The van der Waals surface area contributed by atoms with Gasteiger partial charge in [-0.05, 0) is 44.5 Å². The first-order valence-electron chi connectivity index (χ1n) is 9.99. The van der Waals surface area contributed by atoms with Crippen LogP contribution in [0.15, 0.2) is 42.5 Å². The van der Waals surface area contributed by atoms with Gasteiger partial charge in [-0.25, -0.2) is 8.42 Å². The summed E-state index contributed by atoms with van der Waals surface area (Å²) in [5, 5.41) is 3.18. The first-order valence-corrected chi connectivity index (χ1v) is 12.6. The minimum Gasteiger partial charge on any atom is -0.355 e. The monoisotopic (exact) mass is 499 g/mol. The molecule has 1 N–H and O–H groups in total. The van der Waals surface area contributed by atoms with Gasteiger partial charge in [-0.3, -0.25) is 13.9 Å². The van der Waals surface area contributed by atoms with E-state index >= 15 is 0 Å². The van der Waals surface area contributed by atoms with Crippen molar-refractivity contribution in [2.45, 2.75) is 33.4 Å². The summed E-state index contributed by atoms with van der Waals surface area (Å²) in [6, 6.07) is 11.0. The van der Waals surface area contributed by atoms with Crippen LogP contribution in [0, 0.1) is 6.92 Å². The lowest BCUT2D eigenvalue weighted by Crippen LogP contribution is -2.51. The number of likely N-dealkylation sites (N-methyl/N-ethyl adjacent to an activating group) is 1. The molecule has 0 aromatic heterocycles. The van der Waals surface area contributed by atoms with Crippen LogP contribution >= 0.6 is 23.2 Å². The summed E-state index contributed by atoms with van der Waals surface area (Å²) < 4.78 is 26.0. The summed E-state index contributed by atoms with van der Waals surface area (Å²) >= 11 is 12.1. The van der Waals surface area contributed by atoms with Gasteiger partial charge in [-0.15, -0.1) is 0 Å². The molecule has 1 atom stereocenters. The van der Waals surface area contributed by atoms with Gasteiger partial charge >= 0.3 is 0 Å². The summed E-state index contributed by atoms with van der Waals surface area (Å²) in [7, 11) is -3.85. The Hall–Kier alpha value is -2.29. The molecule has 2 aromatic carbocycles. The Balaban J connectivity index is 2.42. The fraction of sp³-hybridized carbons (Fsp3) is 0.364. The van der Waals surface area contributed by atoms with Gasteiger partial charge in [0.05, 0.1) is 11.9 Å². The highest BCUT2D eigenvalue weighted by Crippen LogP contribution is 2.27. The number of amides is 2. The number of hydrogen-bond acceptors (Lipinski definition) is 4. The van der Waals surface area contributed by atoms with Crippen molar-refractivity contribution in [2.75, 3.05) is 23.7 Å². The quantitative estimate of drug-likeness (QED) is 0.570. The van der Waals surface area contributed by atoms with E-state index in [0.717, 1.165) is 21.7 Å². The summed E-state index contributed by atoms with van der Waals surface area (Å²) in [5.74, 6) is -0.864. The maximum atomic E-state index is 13.4. The highest BCUT2D eigenvalue weighted by molar-refractivity contribution is 7.92. The van der Waals surface area contributed by atoms with Gasteiger partial charge in [0.2, 0.25) is 21.8 Å². The van der Waals surface area contributed by atoms with Gasteiger partial charge in [-0.2, -0.15) is 0 Å². The largest absolute Gasteiger partial charge is 0.355 e. The Bertz CT molecular complexity index is 1070. The molecule has 0 bridgehead atoms. The number of anilines is 1. The van der Waals surface area contributed by atoms with Crippen molar-refractivity contribution in [3.05, 3.63) is 63.6 Å². The Morgan fingerprint density at radius 2 is 1.72 bits per heavy atom. The Morgan fingerprint density at radius 1 is 1.09 bits per heavy atom. The molecule has 0 radical (unpaired) electrons. The normalized spacial score (nSPS) is 12.2. The van der Waals surface area contributed by atoms with E-state index in [1.807, 2.05) is 31.2 Å². The van der Waals surface area contributed by atoms with Gasteiger partial charge in [0.25, 0.3) is 0 Å². The molecule has 174 valence electrons. The standard InChI is InChI=1S/C22H27Cl2N3O4S/c1-5-25-22(29)16(3)26(13-17-8-6-7-15(2)9-17)21(28)14-27(32(4,30)31)20-11-18(23)10-19(24)12-20/h6-12,16H,5,13-14H2,1-4H3,(H,25,29)/t16-/m0/s1. The SMILES string of the molecule is CCNC(=O)[C@H](C)N(Cc1cccc(C)c1)C(=O)CN(c1cc(Cl)cc(Cl)c1)S(C)(=O)=O. The lowest BCUT2D eigenvalue weighted by Gasteiger charge is -2.31. The van der Waals surface area contributed by atoms with E-state index < -0.39 is 28.5 Å². The third-order valence-electron chi connectivity index (χ3n) is 4.77. The van der Waals surface area contributed by atoms with Crippen LogP contribution in [0.3, 0.4) is 0 Å². The average Bonchev–Trinajstić information content (AvgIpc) is 2.68. The van der Waals surface area contributed by atoms with Gasteiger partial charge in [-0.1, -0.05) is 53.0 Å². The van der Waals surface area contributed by atoms with Crippen molar-refractivity contribution in [2.24, 2.45) is 0 Å². The van der Waals surface area contributed by atoms with Crippen LogP contribution in [0.4, 0.5) is 5.69 Å². The number of benzene rings is 2. The zero-order valence-electron chi connectivity index (χ0n) is 18.4. The van der Waals surface area contributed by atoms with Crippen LogP contribution in [0.25, 0.3) is 0 Å². The average molecular weight is 500 g/mol. The molecule has 0 unspecified atom stereocenters. The number of carbonyl (C=O) groups excluding carboxylic acids is 2. The maximum absolute atomic E-state index is 13.4. The molecule has 0 aliphatic carbocycles. The molecule has 0 spiro atoms. The molecule has 0 aliphatic heterocycles. The Labute approximate surface area is 199 Å². The molecule has 32 heavy (non-hydrogen) atoms. The van der Waals surface area contributed by atoms with E-state index in [1.54, 1.807) is 13.8 Å². The molecule has 2 amide bonds. The number of carbonyl (C=O) groups is 2. The van der Waals surface area contributed by atoms with Crippen molar-refractivity contribution in [3.63, 3.8) is 0 Å². The number of rotatable bonds is 9. The first-order chi connectivity index (χ1) is 14.9.